The van der Waals surface area contributed by atoms with Crippen LogP contribution in [0.5, 0.6) is 0 Å². The highest BCUT2D eigenvalue weighted by atomic mass is 31.1. The maximum atomic E-state index is 7.14. The van der Waals surface area contributed by atoms with Gasteiger partial charge < -0.3 is 8.39 Å². The summed E-state index contributed by atoms with van der Waals surface area (Å²) < 4.78 is 16.7. The summed E-state index contributed by atoms with van der Waals surface area (Å²) in [5, 5.41) is 6.74. The van der Waals surface area contributed by atoms with Crippen LogP contribution >= 0.6 is 8.16 Å². The van der Waals surface area contributed by atoms with Gasteiger partial charge in [-0.15, -0.1) is 0 Å². The predicted octanol–water partition coefficient (Wildman–Crippen LogP) is 13.4. The lowest BCUT2D eigenvalue weighted by atomic mass is 9.96. The van der Waals surface area contributed by atoms with Crippen molar-refractivity contribution in [2.45, 2.75) is 25.9 Å². The van der Waals surface area contributed by atoms with Gasteiger partial charge >= 0.3 is 8.16 Å². The monoisotopic (exact) mass is 641 g/mol. The van der Waals surface area contributed by atoms with Crippen molar-refractivity contribution >= 4 is 57.7 Å². The zero-order chi connectivity index (χ0) is 32.6. The molecule has 0 spiro atoms. The van der Waals surface area contributed by atoms with Crippen molar-refractivity contribution in [2.75, 3.05) is 4.67 Å². The van der Waals surface area contributed by atoms with Gasteiger partial charge in [0.1, 0.15) is 11.2 Å². The molecule has 0 aliphatic rings. The number of fused-ring (bicyclic) bond motifs is 7. The highest BCUT2D eigenvalue weighted by Crippen LogP contribution is 2.48. The van der Waals surface area contributed by atoms with Crippen LogP contribution in [-0.2, 0) is 0 Å². The van der Waals surface area contributed by atoms with Gasteiger partial charge in [-0.1, -0.05) is 146 Å². The summed E-state index contributed by atoms with van der Waals surface area (Å²) >= 11 is 0. The molecule has 0 aliphatic carbocycles. The van der Waals surface area contributed by atoms with E-state index >= 15 is 0 Å². The normalized spacial score (nSPS) is 13.3. The third kappa shape index (κ3) is 5.42. The third-order valence-corrected chi connectivity index (χ3v) is 11.3. The van der Waals surface area contributed by atoms with Crippen molar-refractivity contribution in [2.24, 2.45) is 0 Å². The van der Waals surface area contributed by atoms with E-state index in [0.29, 0.717) is 0 Å². The Kier molecular flexibility index (Phi) is 7.94. The summed E-state index contributed by atoms with van der Waals surface area (Å²) in [5.41, 5.74) is 7.54. The fourth-order valence-electron chi connectivity index (χ4n) is 6.89. The van der Waals surface area contributed by atoms with Crippen molar-refractivity contribution in [3.05, 3.63) is 175 Å². The Morgan fingerprint density at radius 1 is 0.542 bits per heavy atom. The first kappa shape index (κ1) is 30.0. The summed E-state index contributed by atoms with van der Waals surface area (Å²) in [6.07, 6.45) is 1.88. The Morgan fingerprint density at radius 2 is 1.06 bits per heavy atom. The van der Waals surface area contributed by atoms with Crippen LogP contribution in [0.1, 0.15) is 42.6 Å². The first-order chi connectivity index (χ1) is 23.6. The van der Waals surface area contributed by atoms with E-state index in [1.165, 1.54) is 27.6 Å². The maximum Gasteiger partial charge on any atom is 0.310 e. The van der Waals surface area contributed by atoms with Gasteiger partial charge in [0.25, 0.3) is 0 Å². The third-order valence-electron chi connectivity index (χ3n) is 9.50. The van der Waals surface area contributed by atoms with Crippen LogP contribution in [0.2, 0.25) is 0 Å². The van der Waals surface area contributed by atoms with E-state index < -0.39 is 8.16 Å². The molecule has 0 amide bonds. The van der Waals surface area contributed by atoms with Crippen molar-refractivity contribution < 1.29 is 8.39 Å². The predicted molar refractivity (Wildman–Crippen MR) is 205 cm³/mol. The number of benzene rings is 7. The largest absolute Gasteiger partial charge is 0.408 e. The molecule has 3 nitrogen and oxygen atoms in total. The topological polar surface area (TPSA) is 29.5 Å². The molecule has 8 aromatic rings. The van der Waals surface area contributed by atoms with Crippen LogP contribution in [-0.4, -0.2) is 0 Å². The van der Waals surface area contributed by atoms with E-state index in [0.717, 1.165) is 43.7 Å². The van der Waals surface area contributed by atoms with Gasteiger partial charge in [-0.05, 0) is 81.4 Å². The van der Waals surface area contributed by atoms with Crippen LogP contribution < -0.4 is 4.67 Å². The van der Waals surface area contributed by atoms with E-state index in [2.05, 4.69) is 177 Å². The molecule has 3 atom stereocenters. The second-order valence-corrected chi connectivity index (χ2v) is 13.6. The number of hydrogen-bond acceptors (Lipinski definition) is 3. The standard InChI is InChI=1S/C44H36NO2P/c1-4-32-19-21-35(22-20-32)37-23-26-40-38(29-37)25-28-42-44(40)43-39-18-12-11-17-36(39)24-27-41(43)46-48(47-42)45(30(2)33-13-7-5-8-14-33)31(3)34-15-9-6-10-16-34/h4-31H,1H2,2-3H3/t30-,31-,48?/m1/s1. The number of nitrogens with zero attached hydrogens (tertiary/aromatic N) is 1. The molecule has 0 saturated carbocycles. The zero-order valence-corrected chi connectivity index (χ0v) is 28.0. The molecule has 4 heteroatoms. The molecule has 1 heterocycles. The molecule has 8 rings (SSSR count). The van der Waals surface area contributed by atoms with Crippen LogP contribution in [0.25, 0.3) is 60.7 Å². The second kappa shape index (κ2) is 12.7. The highest BCUT2D eigenvalue weighted by Gasteiger charge is 2.29. The molecule has 1 unspecified atom stereocenters. The van der Waals surface area contributed by atoms with Crippen LogP contribution in [0.15, 0.2) is 167 Å². The quantitative estimate of drug-likeness (QED) is 0.173. The fourth-order valence-corrected chi connectivity index (χ4v) is 8.59. The van der Waals surface area contributed by atoms with Crippen molar-refractivity contribution in [1.82, 2.24) is 0 Å². The average molecular weight is 642 g/mol. The minimum atomic E-state index is -1.59. The number of rotatable bonds is 7. The Bertz CT molecular complexity index is 2410. The van der Waals surface area contributed by atoms with E-state index in [1.807, 2.05) is 6.08 Å². The zero-order valence-electron chi connectivity index (χ0n) is 27.1. The van der Waals surface area contributed by atoms with Gasteiger partial charge in [-0.3, -0.25) is 0 Å². The lowest BCUT2D eigenvalue weighted by Crippen LogP contribution is -2.27. The molecule has 0 bridgehead atoms. The lowest BCUT2D eigenvalue weighted by Gasteiger charge is -2.31. The molecular weight excluding hydrogens is 605 g/mol. The lowest BCUT2D eigenvalue weighted by molar-refractivity contribution is 0.558. The summed E-state index contributed by atoms with van der Waals surface area (Å²) in [6.45, 7) is 8.41. The Hall–Kier alpha value is -5.34. The minimum Gasteiger partial charge on any atom is -0.408 e. The molecule has 0 saturated heterocycles. The van der Waals surface area contributed by atoms with Gasteiger partial charge in [-0.2, -0.15) is 4.67 Å². The molecule has 7 aromatic carbocycles. The first-order valence-electron chi connectivity index (χ1n) is 16.4. The van der Waals surface area contributed by atoms with Crippen molar-refractivity contribution in [3.8, 4) is 11.1 Å². The number of hydrogen-bond donors (Lipinski definition) is 0. The van der Waals surface area contributed by atoms with Gasteiger partial charge in [0.05, 0.1) is 0 Å². The molecule has 0 aliphatic heterocycles. The Morgan fingerprint density at radius 3 is 1.67 bits per heavy atom. The first-order valence-corrected chi connectivity index (χ1v) is 17.6. The molecule has 48 heavy (non-hydrogen) atoms. The van der Waals surface area contributed by atoms with Gasteiger partial charge in [-0.25, -0.2) is 0 Å². The smallest absolute Gasteiger partial charge is 0.310 e. The van der Waals surface area contributed by atoms with Gasteiger partial charge in [0, 0.05) is 22.9 Å². The van der Waals surface area contributed by atoms with Crippen molar-refractivity contribution in [3.63, 3.8) is 0 Å². The van der Waals surface area contributed by atoms with Crippen LogP contribution in [0.3, 0.4) is 0 Å². The molecule has 0 radical (unpaired) electrons. The Labute approximate surface area is 282 Å². The fraction of sp³-hybridized carbons (Fsp3) is 0.0909. The molecule has 0 fully saturated rings. The van der Waals surface area contributed by atoms with Gasteiger partial charge in [0.2, 0.25) is 0 Å². The highest BCUT2D eigenvalue weighted by molar-refractivity contribution is 7.39. The van der Waals surface area contributed by atoms with Crippen LogP contribution in [0, 0.1) is 0 Å². The van der Waals surface area contributed by atoms with Crippen LogP contribution in [0.4, 0.5) is 0 Å². The van der Waals surface area contributed by atoms with E-state index in [1.54, 1.807) is 0 Å². The summed E-state index contributed by atoms with van der Waals surface area (Å²) in [6, 6.07) is 53.8. The second-order valence-electron chi connectivity index (χ2n) is 12.3. The molecule has 0 N–H and O–H groups in total. The van der Waals surface area contributed by atoms with E-state index in [-0.39, 0.29) is 12.1 Å². The Balaban J connectivity index is 1.42. The summed E-state index contributed by atoms with van der Waals surface area (Å²) in [4.78, 5) is 0. The van der Waals surface area contributed by atoms with Gasteiger partial charge in [0.15, 0.2) is 0 Å². The maximum absolute atomic E-state index is 7.14. The SMILES string of the molecule is C=Cc1ccc(-c2ccc3c(ccc4op(N([C@H](C)c5ccccc5)[C@H](C)c5ccccc5)oc5ccc6ccccc6c5c43)c2)cc1. The minimum absolute atomic E-state index is 0.0217. The van der Waals surface area contributed by atoms with Crippen molar-refractivity contribution in [1.29, 1.82) is 0 Å². The molecule has 1 aromatic heterocycles. The average Bonchev–Trinajstić information content (AvgIpc) is 3.32. The summed E-state index contributed by atoms with van der Waals surface area (Å²) in [7, 11) is -1.59. The van der Waals surface area contributed by atoms with E-state index in [9.17, 15) is 0 Å². The molecular formula is C44H36NO2P. The summed E-state index contributed by atoms with van der Waals surface area (Å²) in [5.74, 6) is 0. The van der Waals surface area contributed by atoms with E-state index in [4.69, 9.17) is 8.39 Å². The molecule has 234 valence electrons.